The van der Waals surface area contributed by atoms with Crippen molar-refractivity contribution in [2.24, 2.45) is 0 Å². The highest BCUT2D eigenvalue weighted by atomic mass is 19.1. The molecule has 1 N–H and O–H groups in total. The predicted octanol–water partition coefficient (Wildman–Crippen LogP) is 3.60. The molecule has 0 amide bonds. The average molecular weight is 264 g/mol. The van der Waals surface area contributed by atoms with Crippen LogP contribution < -0.4 is 10.2 Å². The second-order valence-electron chi connectivity index (χ2n) is 5.85. The maximum Gasteiger partial charge on any atom is 0.125 e. The zero-order chi connectivity index (χ0) is 14.5. The lowest BCUT2D eigenvalue weighted by molar-refractivity contribution is 0.443. The zero-order valence-electron chi connectivity index (χ0n) is 12.5. The van der Waals surface area contributed by atoms with E-state index in [0.717, 1.165) is 30.9 Å². The van der Waals surface area contributed by atoms with E-state index in [1.165, 1.54) is 6.07 Å². The number of nitrogens with one attached hydrogen (secondary N) is 1. The van der Waals surface area contributed by atoms with Crippen molar-refractivity contribution in [2.75, 3.05) is 24.5 Å². The number of hydrogen-bond donors (Lipinski definition) is 1. The quantitative estimate of drug-likeness (QED) is 0.790. The zero-order valence-corrected chi connectivity index (χ0v) is 12.5. The smallest absolute Gasteiger partial charge is 0.125 e. The molecule has 0 heterocycles. The molecular weight excluding hydrogens is 239 g/mol. The molecule has 0 radical (unpaired) electrons. The fraction of sp³-hybridized carbons (Fsp3) is 0.500. The van der Waals surface area contributed by atoms with E-state index in [1.807, 2.05) is 6.07 Å². The second-order valence-corrected chi connectivity index (χ2v) is 5.85. The summed E-state index contributed by atoms with van der Waals surface area (Å²) in [7, 11) is 0. The van der Waals surface area contributed by atoms with Crippen molar-refractivity contribution in [3.63, 3.8) is 0 Å². The van der Waals surface area contributed by atoms with Gasteiger partial charge in [-0.05, 0) is 51.5 Å². The number of nitrogens with zero attached hydrogens (tertiary/aromatic N) is 1. The molecule has 1 aromatic carbocycles. The van der Waals surface area contributed by atoms with Crippen LogP contribution in [0.15, 0.2) is 36.4 Å². The fourth-order valence-electron chi connectivity index (χ4n) is 1.77. The summed E-state index contributed by atoms with van der Waals surface area (Å²) in [6.45, 7) is 14.9. The highest BCUT2D eigenvalue weighted by molar-refractivity contribution is 5.47. The van der Waals surface area contributed by atoms with Crippen LogP contribution in [0.3, 0.4) is 0 Å². The van der Waals surface area contributed by atoms with Crippen LogP contribution >= 0.6 is 0 Å². The second kappa shape index (κ2) is 6.71. The van der Waals surface area contributed by atoms with Crippen molar-refractivity contribution in [1.82, 2.24) is 5.32 Å². The normalized spacial score (nSPS) is 11.4. The Morgan fingerprint density at radius 1 is 1.37 bits per heavy atom. The Hall–Kier alpha value is -1.35. The third-order valence-electron chi connectivity index (χ3n) is 2.84. The van der Waals surface area contributed by atoms with Gasteiger partial charge in [0.1, 0.15) is 5.82 Å². The molecule has 0 aliphatic heterocycles. The maximum absolute atomic E-state index is 13.2. The van der Waals surface area contributed by atoms with Crippen LogP contribution in [-0.2, 0) is 0 Å². The van der Waals surface area contributed by atoms with Crippen LogP contribution in [0.5, 0.6) is 0 Å². The number of anilines is 1. The number of benzene rings is 1. The molecular formula is C16H25FN2. The van der Waals surface area contributed by atoms with Gasteiger partial charge < -0.3 is 10.2 Å². The highest BCUT2D eigenvalue weighted by Crippen LogP contribution is 2.16. The van der Waals surface area contributed by atoms with Crippen molar-refractivity contribution in [1.29, 1.82) is 0 Å². The first-order chi connectivity index (χ1) is 8.81. The van der Waals surface area contributed by atoms with Crippen LogP contribution in [0.2, 0.25) is 0 Å². The van der Waals surface area contributed by atoms with Gasteiger partial charge >= 0.3 is 0 Å². The summed E-state index contributed by atoms with van der Waals surface area (Å²) >= 11 is 0. The van der Waals surface area contributed by atoms with E-state index < -0.39 is 0 Å². The van der Waals surface area contributed by atoms with Gasteiger partial charge in [-0.3, -0.25) is 0 Å². The van der Waals surface area contributed by atoms with Crippen molar-refractivity contribution in [3.8, 4) is 0 Å². The van der Waals surface area contributed by atoms with E-state index >= 15 is 0 Å². The van der Waals surface area contributed by atoms with E-state index in [2.05, 4.69) is 44.5 Å². The summed E-state index contributed by atoms with van der Waals surface area (Å²) in [5.41, 5.74) is 2.08. The molecule has 0 unspecified atom stereocenters. The summed E-state index contributed by atoms with van der Waals surface area (Å²) in [6, 6.07) is 6.70. The molecule has 1 rings (SSSR count). The third kappa shape index (κ3) is 5.88. The van der Waals surface area contributed by atoms with Gasteiger partial charge in [-0.2, -0.15) is 0 Å². The first kappa shape index (κ1) is 15.7. The minimum Gasteiger partial charge on any atom is -0.368 e. The van der Waals surface area contributed by atoms with Gasteiger partial charge in [-0.1, -0.05) is 12.6 Å². The molecule has 19 heavy (non-hydrogen) atoms. The average Bonchev–Trinajstić information content (AvgIpc) is 2.32. The minimum atomic E-state index is -0.200. The Kier molecular flexibility index (Phi) is 5.55. The Morgan fingerprint density at radius 3 is 2.58 bits per heavy atom. The molecule has 0 fully saturated rings. The fourth-order valence-corrected chi connectivity index (χ4v) is 1.77. The van der Waals surface area contributed by atoms with Crippen LogP contribution in [0.25, 0.3) is 0 Å². The SMILES string of the molecule is C=C(CNC(C)(C)C)CN(CC)c1cccc(F)c1. The van der Waals surface area contributed by atoms with Gasteiger partial charge in [-0.15, -0.1) is 0 Å². The maximum atomic E-state index is 13.2. The Labute approximate surface area is 116 Å². The lowest BCUT2D eigenvalue weighted by atomic mass is 10.1. The molecule has 0 spiro atoms. The van der Waals surface area contributed by atoms with E-state index in [4.69, 9.17) is 0 Å². The van der Waals surface area contributed by atoms with Gasteiger partial charge in [-0.25, -0.2) is 4.39 Å². The molecule has 2 nitrogen and oxygen atoms in total. The van der Waals surface area contributed by atoms with Gasteiger partial charge in [0.2, 0.25) is 0 Å². The number of likely N-dealkylation sites (N-methyl/N-ethyl adjacent to an activating group) is 1. The topological polar surface area (TPSA) is 15.3 Å². The predicted molar refractivity (Wildman–Crippen MR) is 81.2 cm³/mol. The molecule has 1 aromatic rings. The van der Waals surface area contributed by atoms with Gasteiger partial charge in [0.15, 0.2) is 0 Å². The first-order valence-electron chi connectivity index (χ1n) is 6.74. The van der Waals surface area contributed by atoms with E-state index in [9.17, 15) is 4.39 Å². The summed E-state index contributed by atoms with van der Waals surface area (Å²) in [5.74, 6) is -0.200. The summed E-state index contributed by atoms with van der Waals surface area (Å²) in [4.78, 5) is 2.12. The largest absolute Gasteiger partial charge is 0.368 e. The van der Waals surface area contributed by atoms with Crippen LogP contribution in [0, 0.1) is 5.82 Å². The molecule has 0 aliphatic carbocycles. The Balaban J connectivity index is 2.60. The standard InChI is InChI=1S/C16H25FN2/c1-6-19(15-9-7-8-14(17)10-15)12-13(2)11-18-16(3,4)5/h7-10,18H,2,6,11-12H2,1,3-5H3. The molecule has 0 atom stereocenters. The van der Waals surface area contributed by atoms with Gasteiger partial charge in [0.05, 0.1) is 0 Å². The summed E-state index contributed by atoms with van der Waals surface area (Å²) in [6.07, 6.45) is 0. The molecule has 0 bridgehead atoms. The Morgan fingerprint density at radius 2 is 2.05 bits per heavy atom. The Bertz CT molecular complexity index is 421. The van der Waals surface area contributed by atoms with Gasteiger partial charge in [0, 0.05) is 30.9 Å². The minimum absolute atomic E-state index is 0.0822. The summed E-state index contributed by atoms with van der Waals surface area (Å²) < 4.78 is 13.2. The monoisotopic (exact) mass is 264 g/mol. The number of hydrogen-bond acceptors (Lipinski definition) is 2. The van der Waals surface area contributed by atoms with Crippen LogP contribution in [0.1, 0.15) is 27.7 Å². The third-order valence-corrected chi connectivity index (χ3v) is 2.84. The first-order valence-corrected chi connectivity index (χ1v) is 6.74. The molecule has 106 valence electrons. The van der Waals surface area contributed by atoms with Crippen molar-refractivity contribution >= 4 is 5.69 Å². The lowest BCUT2D eigenvalue weighted by Crippen LogP contribution is -2.38. The molecule has 0 saturated heterocycles. The molecule has 0 saturated carbocycles. The van der Waals surface area contributed by atoms with Gasteiger partial charge in [0.25, 0.3) is 0 Å². The molecule has 0 aromatic heterocycles. The molecule has 0 aliphatic rings. The van der Waals surface area contributed by atoms with E-state index in [1.54, 1.807) is 12.1 Å². The number of rotatable bonds is 6. The van der Waals surface area contributed by atoms with Crippen LogP contribution in [0.4, 0.5) is 10.1 Å². The van der Waals surface area contributed by atoms with E-state index in [0.29, 0.717) is 0 Å². The highest BCUT2D eigenvalue weighted by Gasteiger charge is 2.11. The number of halogens is 1. The van der Waals surface area contributed by atoms with Crippen LogP contribution in [-0.4, -0.2) is 25.2 Å². The van der Waals surface area contributed by atoms with Crippen molar-refractivity contribution in [3.05, 3.63) is 42.2 Å². The molecule has 3 heteroatoms. The van der Waals surface area contributed by atoms with E-state index in [-0.39, 0.29) is 11.4 Å². The summed E-state index contributed by atoms with van der Waals surface area (Å²) in [5, 5.41) is 3.41. The van der Waals surface area contributed by atoms with Crippen molar-refractivity contribution < 1.29 is 4.39 Å². The lowest BCUT2D eigenvalue weighted by Gasteiger charge is -2.26. The van der Waals surface area contributed by atoms with Crippen molar-refractivity contribution in [2.45, 2.75) is 33.2 Å².